The Kier molecular flexibility index (Phi) is 11.2. The summed E-state index contributed by atoms with van der Waals surface area (Å²) < 4.78 is 33.3. The van der Waals surface area contributed by atoms with Gasteiger partial charge in [-0.25, -0.2) is 0 Å². The van der Waals surface area contributed by atoms with Crippen LogP contribution in [0.15, 0.2) is 146 Å². The van der Waals surface area contributed by atoms with E-state index in [0.717, 1.165) is 22.3 Å². The third kappa shape index (κ3) is 8.49. The predicted molar refractivity (Wildman–Crippen MR) is 177 cm³/mol. The number of hydrogen-bond donors (Lipinski definition) is 1. The summed E-state index contributed by atoms with van der Waals surface area (Å²) >= 11 is 0. The van der Waals surface area contributed by atoms with Gasteiger partial charge in [-0.2, -0.15) is 0 Å². The van der Waals surface area contributed by atoms with Crippen LogP contribution in [0.1, 0.15) is 33.9 Å². The summed E-state index contributed by atoms with van der Waals surface area (Å²) in [6.07, 6.45) is -2.87. The van der Waals surface area contributed by atoms with Crippen molar-refractivity contribution < 1.29 is 28.8 Å². The summed E-state index contributed by atoms with van der Waals surface area (Å²) in [4.78, 5) is 0. The Morgan fingerprint density at radius 2 is 0.870 bits per heavy atom. The van der Waals surface area contributed by atoms with Crippen LogP contribution in [0.25, 0.3) is 0 Å². The third-order valence-corrected chi connectivity index (χ3v) is 8.13. The van der Waals surface area contributed by atoms with Gasteiger partial charge in [0.25, 0.3) is 0 Å². The van der Waals surface area contributed by atoms with Gasteiger partial charge in [-0.1, -0.05) is 140 Å². The molecular formula is C40H40O6. The molecule has 6 nitrogen and oxygen atoms in total. The molecule has 0 aromatic heterocycles. The molecule has 0 saturated carbocycles. The molecule has 0 radical (unpaired) electrons. The Labute approximate surface area is 271 Å². The molecule has 1 fully saturated rings. The van der Waals surface area contributed by atoms with Crippen molar-refractivity contribution in [3.63, 3.8) is 0 Å². The Morgan fingerprint density at radius 3 is 1.37 bits per heavy atom. The lowest BCUT2D eigenvalue weighted by atomic mass is 9.90. The molecule has 6 heteroatoms. The molecule has 5 atom stereocenters. The largest absolute Gasteiger partial charge is 0.508 e. The molecule has 1 heterocycles. The normalized spacial score (nSPS) is 21.2. The van der Waals surface area contributed by atoms with Gasteiger partial charge < -0.3 is 28.8 Å². The van der Waals surface area contributed by atoms with E-state index >= 15 is 0 Å². The predicted octanol–water partition coefficient (Wildman–Crippen LogP) is 7.81. The van der Waals surface area contributed by atoms with E-state index in [0.29, 0.717) is 32.0 Å². The summed E-state index contributed by atoms with van der Waals surface area (Å²) in [6, 6.07) is 47.5. The molecule has 236 valence electrons. The first-order chi connectivity index (χ1) is 22.7. The number of ether oxygens (including phenoxy) is 5. The van der Waals surface area contributed by atoms with Crippen molar-refractivity contribution in [3.8, 4) is 5.75 Å². The highest BCUT2D eigenvalue weighted by molar-refractivity contribution is 5.35. The summed E-state index contributed by atoms with van der Waals surface area (Å²) in [5.41, 5.74) is 4.79. The van der Waals surface area contributed by atoms with Gasteiger partial charge >= 0.3 is 0 Å². The molecule has 1 saturated heterocycles. The van der Waals surface area contributed by atoms with Crippen LogP contribution in [0.4, 0.5) is 0 Å². The molecule has 5 aromatic rings. The maximum absolute atomic E-state index is 11.1. The van der Waals surface area contributed by atoms with Crippen LogP contribution >= 0.6 is 0 Å². The van der Waals surface area contributed by atoms with Crippen LogP contribution in [-0.2, 0) is 50.1 Å². The second kappa shape index (κ2) is 16.3. The molecule has 0 bridgehead atoms. The van der Waals surface area contributed by atoms with Crippen molar-refractivity contribution in [3.05, 3.63) is 173 Å². The number of benzene rings is 5. The molecule has 5 aromatic carbocycles. The van der Waals surface area contributed by atoms with Crippen molar-refractivity contribution in [2.24, 2.45) is 0 Å². The lowest BCUT2D eigenvalue weighted by molar-refractivity contribution is -0.275. The number of para-hydroxylation sites is 1. The SMILES string of the molecule is Oc1ccccc1[C@@H]1O[C@H](COCc2ccccc2)[C@H](OCc2ccccc2)[C@H](OCc2ccccc2)[C@H]1OCc1ccccc1. The maximum atomic E-state index is 11.1. The smallest absolute Gasteiger partial charge is 0.121 e. The van der Waals surface area contributed by atoms with E-state index in [1.54, 1.807) is 12.1 Å². The highest BCUT2D eigenvalue weighted by atomic mass is 16.6. The first kappa shape index (κ1) is 31.7. The van der Waals surface area contributed by atoms with Gasteiger partial charge in [-0.05, 0) is 28.3 Å². The number of rotatable bonds is 14. The summed E-state index contributed by atoms with van der Waals surface area (Å²) in [5.74, 6) is 0.134. The number of phenolic OH excluding ortho intramolecular Hbond substituents is 1. The van der Waals surface area contributed by atoms with Gasteiger partial charge in [0.2, 0.25) is 0 Å². The van der Waals surface area contributed by atoms with E-state index in [-0.39, 0.29) is 12.4 Å². The average molecular weight is 617 g/mol. The van der Waals surface area contributed by atoms with Crippen LogP contribution in [0.3, 0.4) is 0 Å². The minimum atomic E-state index is -0.646. The Morgan fingerprint density at radius 1 is 0.457 bits per heavy atom. The zero-order chi connectivity index (χ0) is 31.4. The number of hydrogen-bond acceptors (Lipinski definition) is 6. The van der Waals surface area contributed by atoms with E-state index in [1.165, 1.54) is 0 Å². The first-order valence-electron chi connectivity index (χ1n) is 15.8. The van der Waals surface area contributed by atoms with Gasteiger partial charge in [0.15, 0.2) is 0 Å². The minimum absolute atomic E-state index is 0.134. The lowest BCUT2D eigenvalue weighted by Gasteiger charge is -2.46. The van der Waals surface area contributed by atoms with E-state index in [9.17, 15) is 5.11 Å². The Bertz CT molecular complexity index is 1580. The zero-order valence-electron chi connectivity index (χ0n) is 25.8. The van der Waals surface area contributed by atoms with E-state index < -0.39 is 30.5 Å². The number of phenols is 1. The summed E-state index contributed by atoms with van der Waals surface area (Å²) in [7, 11) is 0. The first-order valence-corrected chi connectivity index (χ1v) is 15.8. The molecule has 46 heavy (non-hydrogen) atoms. The lowest BCUT2D eigenvalue weighted by Crippen LogP contribution is -2.58. The molecule has 1 N–H and O–H groups in total. The minimum Gasteiger partial charge on any atom is -0.508 e. The fourth-order valence-corrected chi connectivity index (χ4v) is 5.77. The Hall–Kier alpha value is -4.30. The average Bonchev–Trinajstić information content (AvgIpc) is 3.11. The zero-order valence-corrected chi connectivity index (χ0v) is 25.8. The number of aromatic hydroxyl groups is 1. The highest BCUT2D eigenvalue weighted by Crippen LogP contribution is 2.41. The van der Waals surface area contributed by atoms with Crippen LogP contribution < -0.4 is 0 Å². The topological polar surface area (TPSA) is 66.4 Å². The van der Waals surface area contributed by atoms with Gasteiger partial charge in [0.1, 0.15) is 36.3 Å². The fraction of sp³-hybridized carbons (Fsp3) is 0.250. The Balaban J connectivity index is 1.34. The van der Waals surface area contributed by atoms with Crippen LogP contribution in [0.5, 0.6) is 5.75 Å². The maximum Gasteiger partial charge on any atom is 0.121 e. The molecule has 0 unspecified atom stereocenters. The van der Waals surface area contributed by atoms with E-state index in [2.05, 4.69) is 0 Å². The van der Waals surface area contributed by atoms with Crippen molar-refractivity contribution >= 4 is 0 Å². The molecule has 1 aliphatic heterocycles. The van der Waals surface area contributed by atoms with Gasteiger partial charge in [0.05, 0.1) is 33.0 Å². The van der Waals surface area contributed by atoms with E-state index in [4.69, 9.17) is 23.7 Å². The molecule has 0 aliphatic carbocycles. The molecule has 0 amide bonds. The standard InChI is InChI=1S/C40H40O6/c41-35-24-14-13-23-34(35)37-39(44-27-32-19-9-3-10-20-32)40(45-28-33-21-11-4-12-22-33)38(43-26-31-17-7-2-8-18-31)36(46-37)29-42-25-30-15-5-1-6-16-30/h1-24,36-41H,25-29H2/t36-,37+,38+,39+,40+/m1/s1. The third-order valence-electron chi connectivity index (χ3n) is 8.13. The fourth-order valence-electron chi connectivity index (χ4n) is 5.77. The van der Waals surface area contributed by atoms with Crippen molar-refractivity contribution in [2.75, 3.05) is 6.61 Å². The second-order valence-electron chi connectivity index (χ2n) is 11.4. The van der Waals surface area contributed by atoms with Crippen molar-refractivity contribution in [1.29, 1.82) is 0 Å². The van der Waals surface area contributed by atoms with Crippen molar-refractivity contribution in [2.45, 2.75) is 56.9 Å². The van der Waals surface area contributed by atoms with E-state index in [1.807, 2.05) is 133 Å². The van der Waals surface area contributed by atoms with Crippen LogP contribution in [0, 0.1) is 0 Å². The van der Waals surface area contributed by atoms with Gasteiger partial charge in [0, 0.05) is 5.56 Å². The van der Waals surface area contributed by atoms with Crippen LogP contribution in [0.2, 0.25) is 0 Å². The van der Waals surface area contributed by atoms with Gasteiger partial charge in [-0.3, -0.25) is 0 Å². The molecule has 0 spiro atoms. The monoisotopic (exact) mass is 616 g/mol. The molecular weight excluding hydrogens is 576 g/mol. The summed E-state index contributed by atoms with van der Waals surface area (Å²) in [5, 5.41) is 11.1. The van der Waals surface area contributed by atoms with Gasteiger partial charge in [-0.15, -0.1) is 0 Å². The quantitative estimate of drug-likeness (QED) is 0.137. The summed E-state index contributed by atoms with van der Waals surface area (Å²) in [6.45, 7) is 1.74. The van der Waals surface area contributed by atoms with Crippen LogP contribution in [-0.4, -0.2) is 36.1 Å². The second-order valence-corrected chi connectivity index (χ2v) is 11.4. The van der Waals surface area contributed by atoms with Crippen molar-refractivity contribution in [1.82, 2.24) is 0 Å². The molecule has 1 aliphatic rings. The molecule has 6 rings (SSSR count). The highest BCUT2D eigenvalue weighted by Gasteiger charge is 2.49.